The molecule has 1 aliphatic heterocycles. The molecule has 1 saturated heterocycles. The van der Waals surface area contributed by atoms with E-state index in [0.717, 1.165) is 18.2 Å². The van der Waals surface area contributed by atoms with Crippen LogP contribution in [0.15, 0.2) is 47.4 Å². The van der Waals surface area contributed by atoms with Crippen molar-refractivity contribution in [2.45, 2.75) is 84.3 Å². The minimum Gasteiger partial charge on any atom is -0.479 e. The lowest BCUT2D eigenvalue weighted by Crippen LogP contribution is -2.54. The first-order valence-corrected chi connectivity index (χ1v) is 15.4. The van der Waals surface area contributed by atoms with Crippen LogP contribution < -0.4 is 0 Å². The highest BCUT2D eigenvalue weighted by atomic mass is 32.2. The predicted octanol–water partition coefficient (Wildman–Crippen LogP) is 5.34. The standard InChI is InChI=1S/C29H27F8NO6S/c30-19-2-1-3-20(15-19)45(43,44)26-12-13-38(23(39)16-8-10-25(42,11-9-16)24(40)41)22(26)7-4-17-14-18(5-6-21(17)26)27(31,28(32,33)34)29(35,36)37/h1-3,5-6,14-16,22,42H,4,7-13H2,(H,40,41)/t16-,22?,25-,26?. The number of halogens is 8. The van der Waals surface area contributed by atoms with E-state index in [2.05, 4.69) is 0 Å². The van der Waals surface area contributed by atoms with Crippen LogP contribution in [0.25, 0.3) is 0 Å². The average Bonchev–Trinajstić information content (AvgIpc) is 3.37. The third-order valence-corrected chi connectivity index (χ3v) is 12.0. The van der Waals surface area contributed by atoms with Crippen LogP contribution in [-0.4, -0.2) is 65.9 Å². The van der Waals surface area contributed by atoms with Crippen molar-refractivity contribution in [1.82, 2.24) is 4.90 Å². The highest BCUT2D eigenvalue weighted by Gasteiger charge is 2.74. The van der Waals surface area contributed by atoms with Gasteiger partial charge in [-0.15, -0.1) is 0 Å². The summed E-state index contributed by atoms with van der Waals surface area (Å²) in [5, 5.41) is 19.6. The van der Waals surface area contributed by atoms with Crippen LogP contribution in [0, 0.1) is 11.7 Å². The molecule has 3 aliphatic rings. The van der Waals surface area contributed by atoms with Gasteiger partial charge in [0, 0.05) is 18.0 Å². The number of aliphatic carboxylic acids is 1. The molecule has 0 bridgehead atoms. The van der Waals surface area contributed by atoms with Gasteiger partial charge in [-0.1, -0.05) is 24.3 Å². The van der Waals surface area contributed by atoms with E-state index >= 15 is 0 Å². The summed E-state index contributed by atoms with van der Waals surface area (Å²) >= 11 is 0. The highest BCUT2D eigenvalue weighted by molar-refractivity contribution is 7.92. The number of aliphatic hydroxyl groups is 1. The number of hydrogen-bond acceptors (Lipinski definition) is 5. The average molecular weight is 670 g/mol. The maximum Gasteiger partial charge on any atom is 0.435 e. The number of carboxylic acid groups (broad SMARTS) is 1. The van der Waals surface area contributed by atoms with E-state index < -0.39 is 78.3 Å². The van der Waals surface area contributed by atoms with Crippen molar-refractivity contribution in [2.24, 2.45) is 5.92 Å². The largest absolute Gasteiger partial charge is 0.479 e. The number of rotatable bonds is 5. The molecule has 1 saturated carbocycles. The molecule has 45 heavy (non-hydrogen) atoms. The zero-order chi connectivity index (χ0) is 33.4. The van der Waals surface area contributed by atoms with Gasteiger partial charge < -0.3 is 15.1 Å². The number of likely N-dealkylation sites (tertiary alicyclic amines) is 1. The van der Waals surface area contributed by atoms with Crippen molar-refractivity contribution in [3.63, 3.8) is 0 Å². The summed E-state index contributed by atoms with van der Waals surface area (Å²) in [5.74, 6) is -3.74. The number of nitrogens with zero attached hydrogens (tertiary/aromatic N) is 1. The lowest BCUT2D eigenvalue weighted by molar-refractivity contribution is -0.348. The fourth-order valence-corrected chi connectivity index (χ4v) is 9.53. The molecule has 0 radical (unpaired) electrons. The van der Waals surface area contributed by atoms with Crippen LogP contribution in [0.2, 0.25) is 0 Å². The molecular weight excluding hydrogens is 642 g/mol. The first-order chi connectivity index (χ1) is 20.7. The van der Waals surface area contributed by atoms with E-state index in [9.17, 15) is 63.3 Å². The van der Waals surface area contributed by atoms with E-state index in [1.807, 2.05) is 0 Å². The molecule has 1 heterocycles. The van der Waals surface area contributed by atoms with Crippen molar-refractivity contribution in [2.75, 3.05) is 6.54 Å². The molecule has 2 atom stereocenters. The van der Waals surface area contributed by atoms with Crippen LogP contribution >= 0.6 is 0 Å². The maximum atomic E-state index is 15.0. The van der Waals surface area contributed by atoms with Gasteiger partial charge in [0.15, 0.2) is 15.4 Å². The van der Waals surface area contributed by atoms with E-state index in [1.54, 1.807) is 0 Å². The molecule has 0 spiro atoms. The molecule has 5 rings (SSSR count). The Kier molecular flexibility index (Phi) is 7.83. The second kappa shape index (κ2) is 10.6. The lowest BCUT2D eigenvalue weighted by Gasteiger charge is -2.44. The van der Waals surface area contributed by atoms with E-state index in [0.29, 0.717) is 18.2 Å². The molecule has 2 aromatic carbocycles. The summed E-state index contributed by atoms with van der Waals surface area (Å²) in [6.45, 7) is -0.211. The van der Waals surface area contributed by atoms with E-state index in [4.69, 9.17) is 0 Å². The summed E-state index contributed by atoms with van der Waals surface area (Å²) < 4.78 is 137. The number of aryl methyl sites for hydroxylation is 1. The van der Waals surface area contributed by atoms with Crippen LogP contribution in [0.3, 0.4) is 0 Å². The Bertz CT molecular complexity index is 1620. The summed E-state index contributed by atoms with van der Waals surface area (Å²) in [6, 6.07) is 3.97. The van der Waals surface area contributed by atoms with Gasteiger partial charge in [0.05, 0.1) is 10.9 Å². The molecular formula is C29H27F8NO6S. The van der Waals surface area contributed by atoms with E-state index in [1.165, 1.54) is 4.90 Å². The van der Waals surface area contributed by atoms with Crippen LogP contribution in [0.4, 0.5) is 35.1 Å². The number of amides is 1. The van der Waals surface area contributed by atoms with E-state index in [-0.39, 0.29) is 68.7 Å². The van der Waals surface area contributed by atoms with Gasteiger partial charge in [-0.25, -0.2) is 22.0 Å². The summed E-state index contributed by atoms with van der Waals surface area (Å²) in [7, 11) is -4.72. The van der Waals surface area contributed by atoms with Gasteiger partial charge in [-0.3, -0.25) is 4.79 Å². The Hall–Kier alpha value is -3.27. The molecule has 2 aliphatic carbocycles. The minimum atomic E-state index is -6.40. The second-order valence-corrected chi connectivity index (χ2v) is 14.0. The van der Waals surface area contributed by atoms with Crippen molar-refractivity contribution >= 4 is 21.7 Å². The van der Waals surface area contributed by atoms with Crippen molar-refractivity contribution in [3.8, 4) is 0 Å². The second-order valence-electron chi connectivity index (χ2n) is 11.8. The number of carbonyl (C=O) groups is 2. The van der Waals surface area contributed by atoms with Gasteiger partial charge in [-0.2, -0.15) is 26.3 Å². The zero-order valence-corrected chi connectivity index (χ0v) is 24.1. The summed E-state index contributed by atoms with van der Waals surface area (Å²) in [6.07, 6.45) is -14.3. The normalized spacial score (nSPS) is 27.5. The van der Waals surface area contributed by atoms with Gasteiger partial charge in [0.2, 0.25) is 5.91 Å². The summed E-state index contributed by atoms with van der Waals surface area (Å²) in [4.78, 5) is 25.9. The number of carbonyl (C=O) groups excluding carboxylic acids is 1. The molecule has 2 fully saturated rings. The molecule has 246 valence electrons. The van der Waals surface area contributed by atoms with Crippen LogP contribution in [0.1, 0.15) is 55.2 Å². The molecule has 16 heteroatoms. The Morgan fingerprint density at radius 1 is 0.889 bits per heavy atom. The van der Waals surface area contributed by atoms with Gasteiger partial charge in [-0.05, 0) is 74.3 Å². The number of alkyl halides is 7. The molecule has 7 nitrogen and oxygen atoms in total. The van der Waals surface area contributed by atoms with Crippen LogP contribution in [-0.2, 0) is 36.3 Å². The SMILES string of the molecule is O=C([C@H]1CC[C@@](O)(C(=O)O)CC1)N1CCC2(S(=O)(=O)c3cccc(F)c3)c3ccc(C(F)(C(F)(F)F)C(F)(F)F)cc3CCC12. The Morgan fingerprint density at radius 3 is 2.07 bits per heavy atom. The Balaban J connectivity index is 1.62. The smallest absolute Gasteiger partial charge is 0.435 e. The van der Waals surface area contributed by atoms with Gasteiger partial charge in [0.25, 0.3) is 0 Å². The highest BCUT2D eigenvalue weighted by Crippen LogP contribution is 2.57. The Labute approximate surface area is 251 Å². The number of hydrogen-bond donors (Lipinski definition) is 2. The molecule has 2 unspecified atom stereocenters. The van der Waals surface area contributed by atoms with Crippen molar-refractivity contribution < 1.29 is 63.3 Å². The lowest BCUT2D eigenvalue weighted by atomic mass is 9.76. The number of fused-ring (bicyclic) bond motifs is 3. The quantitative estimate of drug-likeness (QED) is 0.416. The van der Waals surface area contributed by atoms with Crippen molar-refractivity contribution in [3.05, 3.63) is 65.0 Å². The first-order valence-electron chi connectivity index (χ1n) is 13.9. The predicted molar refractivity (Wildman–Crippen MR) is 140 cm³/mol. The Morgan fingerprint density at radius 2 is 1.51 bits per heavy atom. The fourth-order valence-electron chi connectivity index (χ4n) is 7.13. The third kappa shape index (κ3) is 4.89. The molecule has 0 aromatic heterocycles. The number of benzene rings is 2. The minimum absolute atomic E-state index is 0.0398. The summed E-state index contributed by atoms with van der Waals surface area (Å²) in [5.41, 5.74) is -10.1. The maximum absolute atomic E-state index is 15.0. The van der Waals surface area contributed by atoms with Gasteiger partial charge in [0.1, 0.15) is 10.6 Å². The topological polar surface area (TPSA) is 112 Å². The van der Waals surface area contributed by atoms with Crippen LogP contribution in [0.5, 0.6) is 0 Å². The zero-order valence-electron chi connectivity index (χ0n) is 23.3. The number of sulfone groups is 1. The molecule has 2 N–H and O–H groups in total. The van der Waals surface area contributed by atoms with Crippen molar-refractivity contribution in [1.29, 1.82) is 0 Å². The monoisotopic (exact) mass is 669 g/mol. The third-order valence-electron chi connectivity index (χ3n) is 9.49. The molecule has 1 amide bonds. The van der Waals surface area contributed by atoms with Gasteiger partial charge >= 0.3 is 24.0 Å². The molecule has 2 aromatic rings. The first kappa shape index (κ1) is 33.1. The number of carboxylic acids is 1. The fraction of sp³-hybridized carbons (Fsp3) is 0.517.